The normalized spacial score (nSPS) is 15.6. The van der Waals surface area contributed by atoms with Crippen LogP contribution in [0.5, 0.6) is 11.5 Å². The van der Waals surface area contributed by atoms with E-state index in [1.165, 1.54) is 26.4 Å². The summed E-state index contributed by atoms with van der Waals surface area (Å²) in [5.74, 6) is 0.184. The van der Waals surface area contributed by atoms with Crippen molar-refractivity contribution in [3.63, 3.8) is 0 Å². The third-order valence-electron chi connectivity index (χ3n) is 4.89. The van der Waals surface area contributed by atoms with Crippen molar-refractivity contribution in [2.45, 2.75) is 6.04 Å². The Kier molecular flexibility index (Phi) is 7.30. The van der Waals surface area contributed by atoms with Crippen LogP contribution in [0.3, 0.4) is 0 Å². The number of methoxy groups -OCH3 is 2. The van der Waals surface area contributed by atoms with Crippen LogP contribution in [-0.2, 0) is 4.74 Å². The lowest BCUT2D eigenvalue weighted by atomic mass is 10.0. The second-order valence-corrected chi connectivity index (χ2v) is 7.03. The van der Waals surface area contributed by atoms with E-state index in [1.54, 1.807) is 24.3 Å². The summed E-state index contributed by atoms with van der Waals surface area (Å²) >= 11 is 6.21. The second kappa shape index (κ2) is 9.91. The summed E-state index contributed by atoms with van der Waals surface area (Å²) in [5, 5.41) is 3.25. The zero-order valence-corrected chi connectivity index (χ0v) is 17.2. The molecule has 3 rings (SSSR count). The molecular weight excluding hydrogens is 399 g/mol. The predicted octanol–water partition coefficient (Wildman–Crippen LogP) is 3.30. The first kappa shape index (κ1) is 21.4. The van der Waals surface area contributed by atoms with Gasteiger partial charge in [0.25, 0.3) is 5.91 Å². The van der Waals surface area contributed by atoms with Gasteiger partial charge in [-0.2, -0.15) is 0 Å². The number of morpholine rings is 1. The lowest BCUT2D eigenvalue weighted by Crippen LogP contribution is -2.43. The Hall–Kier alpha value is -2.35. The maximum absolute atomic E-state index is 13.4. The average Bonchev–Trinajstić information content (AvgIpc) is 2.75. The molecule has 1 heterocycles. The number of carbonyl (C=O) groups is 1. The van der Waals surface area contributed by atoms with Gasteiger partial charge in [0.15, 0.2) is 11.5 Å². The molecule has 1 atom stereocenters. The SMILES string of the molecule is COc1cc(C(=O)NCC(c2ccc(F)cc2)N2CCOCC2)cc(Cl)c1OC. The summed E-state index contributed by atoms with van der Waals surface area (Å²) in [6, 6.07) is 9.38. The fourth-order valence-corrected chi connectivity index (χ4v) is 3.66. The number of hydrogen-bond donors (Lipinski definition) is 1. The Labute approximate surface area is 174 Å². The van der Waals surface area contributed by atoms with Gasteiger partial charge in [0.1, 0.15) is 5.82 Å². The van der Waals surface area contributed by atoms with E-state index in [0.29, 0.717) is 41.8 Å². The molecule has 0 bridgehead atoms. The first-order valence-corrected chi connectivity index (χ1v) is 9.68. The van der Waals surface area contributed by atoms with E-state index in [2.05, 4.69) is 10.2 Å². The van der Waals surface area contributed by atoms with Gasteiger partial charge in [-0.15, -0.1) is 0 Å². The summed E-state index contributed by atoms with van der Waals surface area (Å²) in [4.78, 5) is 15.0. The fraction of sp³-hybridized carbons (Fsp3) is 0.381. The predicted molar refractivity (Wildman–Crippen MR) is 108 cm³/mol. The maximum atomic E-state index is 13.4. The smallest absolute Gasteiger partial charge is 0.251 e. The van der Waals surface area contributed by atoms with Crippen LogP contribution in [-0.4, -0.2) is 57.9 Å². The third-order valence-corrected chi connectivity index (χ3v) is 5.17. The van der Waals surface area contributed by atoms with Crippen LogP contribution in [0.1, 0.15) is 22.0 Å². The number of carbonyl (C=O) groups excluding carboxylic acids is 1. The van der Waals surface area contributed by atoms with Crippen molar-refractivity contribution in [1.82, 2.24) is 10.2 Å². The van der Waals surface area contributed by atoms with E-state index >= 15 is 0 Å². The van der Waals surface area contributed by atoms with E-state index in [-0.39, 0.29) is 17.8 Å². The quantitative estimate of drug-likeness (QED) is 0.741. The Morgan fingerprint density at radius 1 is 1.21 bits per heavy atom. The molecule has 1 aliphatic heterocycles. The first-order valence-electron chi connectivity index (χ1n) is 9.30. The highest BCUT2D eigenvalue weighted by Crippen LogP contribution is 2.36. The molecule has 0 spiro atoms. The topological polar surface area (TPSA) is 60.0 Å². The molecule has 1 N–H and O–H groups in total. The fourth-order valence-electron chi connectivity index (χ4n) is 3.37. The molecule has 8 heteroatoms. The van der Waals surface area contributed by atoms with Gasteiger partial charge in [0.2, 0.25) is 0 Å². The Morgan fingerprint density at radius 2 is 1.90 bits per heavy atom. The number of hydrogen-bond acceptors (Lipinski definition) is 5. The summed E-state index contributed by atoms with van der Waals surface area (Å²) in [5.41, 5.74) is 1.30. The summed E-state index contributed by atoms with van der Waals surface area (Å²) in [6.45, 7) is 3.07. The van der Waals surface area contributed by atoms with E-state index in [1.807, 2.05) is 0 Å². The van der Waals surface area contributed by atoms with Crippen molar-refractivity contribution in [2.75, 3.05) is 47.1 Å². The molecule has 2 aromatic rings. The molecule has 0 aliphatic carbocycles. The van der Waals surface area contributed by atoms with E-state index < -0.39 is 0 Å². The molecular formula is C21H24ClFN2O4. The van der Waals surface area contributed by atoms with Gasteiger partial charge >= 0.3 is 0 Å². The Morgan fingerprint density at radius 3 is 2.52 bits per heavy atom. The van der Waals surface area contributed by atoms with Crippen molar-refractivity contribution in [3.8, 4) is 11.5 Å². The molecule has 1 amide bonds. The molecule has 1 saturated heterocycles. The standard InChI is InChI=1S/C21H24ClFN2O4/c1-27-19-12-15(11-17(22)20(19)28-2)21(26)24-13-18(25-7-9-29-10-8-25)14-3-5-16(23)6-4-14/h3-6,11-12,18H,7-10,13H2,1-2H3,(H,24,26). The largest absolute Gasteiger partial charge is 0.493 e. The summed E-state index contributed by atoms with van der Waals surface area (Å²) in [7, 11) is 2.97. The summed E-state index contributed by atoms with van der Waals surface area (Å²) < 4.78 is 29.3. The van der Waals surface area contributed by atoms with Crippen LogP contribution in [0.25, 0.3) is 0 Å². The van der Waals surface area contributed by atoms with Gasteiger partial charge in [0.05, 0.1) is 38.5 Å². The van der Waals surface area contributed by atoms with Gasteiger partial charge in [-0.3, -0.25) is 9.69 Å². The zero-order chi connectivity index (χ0) is 20.8. The molecule has 1 unspecified atom stereocenters. The van der Waals surface area contributed by atoms with Crippen LogP contribution >= 0.6 is 11.6 Å². The maximum Gasteiger partial charge on any atom is 0.251 e. The van der Waals surface area contributed by atoms with Crippen LogP contribution in [0.2, 0.25) is 5.02 Å². The zero-order valence-electron chi connectivity index (χ0n) is 16.4. The lowest BCUT2D eigenvalue weighted by molar-refractivity contribution is 0.0162. The molecule has 0 aromatic heterocycles. The molecule has 1 aliphatic rings. The summed E-state index contributed by atoms with van der Waals surface area (Å²) in [6.07, 6.45) is 0. The molecule has 6 nitrogen and oxygen atoms in total. The number of ether oxygens (including phenoxy) is 3. The van der Waals surface area contributed by atoms with E-state index in [4.69, 9.17) is 25.8 Å². The Bertz CT molecular complexity index is 841. The van der Waals surface area contributed by atoms with Gasteiger partial charge in [0, 0.05) is 25.2 Å². The van der Waals surface area contributed by atoms with E-state index in [9.17, 15) is 9.18 Å². The monoisotopic (exact) mass is 422 g/mol. The Balaban J connectivity index is 1.77. The molecule has 156 valence electrons. The number of benzene rings is 2. The molecule has 1 fully saturated rings. The first-order chi connectivity index (χ1) is 14.0. The van der Waals surface area contributed by atoms with Gasteiger partial charge < -0.3 is 19.5 Å². The van der Waals surface area contributed by atoms with Crippen molar-refractivity contribution in [3.05, 3.63) is 58.4 Å². The van der Waals surface area contributed by atoms with Crippen LogP contribution in [0, 0.1) is 5.82 Å². The number of halogens is 2. The van der Waals surface area contributed by atoms with Crippen molar-refractivity contribution >= 4 is 17.5 Å². The number of nitrogens with one attached hydrogen (secondary N) is 1. The lowest BCUT2D eigenvalue weighted by Gasteiger charge is -2.35. The number of nitrogens with zero attached hydrogens (tertiary/aromatic N) is 1. The third kappa shape index (κ3) is 5.18. The molecule has 0 saturated carbocycles. The van der Waals surface area contributed by atoms with Crippen LogP contribution in [0.15, 0.2) is 36.4 Å². The van der Waals surface area contributed by atoms with Crippen LogP contribution < -0.4 is 14.8 Å². The molecule has 29 heavy (non-hydrogen) atoms. The number of amides is 1. The average molecular weight is 423 g/mol. The minimum atomic E-state index is -0.293. The minimum absolute atomic E-state index is 0.0981. The van der Waals surface area contributed by atoms with Gasteiger partial charge in [-0.25, -0.2) is 4.39 Å². The molecule has 0 radical (unpaired) electrons. The highest BCUT2D eigenvalue weighted by atomic mass is 35.5. The second-order valence-electron chi connectivity index (χ2n) is 6.62. The van der Waals surface area contributed by atoms with Crippen molar-refractivity contribution < 1.29 is 23.4 Å². The van der Waals surface area contributed by atoms with Gasteiger partial charge in [-0.05, 0) is 29.8 Å². The van der Waals surface area contributed by atoms with E-state index in [0.717, 1.165) is 18.7 Å². The molecule has 2 aromatic carbocycles. The minimum Gasteiger partial charge on any atom is -0.493 e. The van der Waals surface area contributed by atoms with Crippen LogP contribution in [0.4, 0.5) is 4.39 Å². The highest BCUT2D eigenvalue weighted by Gasteiger charge is 2.24. The number of rotatable bonds is 7. The van der Waals surface area contributed by atoms with Gasteiger partial charge in [-0.1, -0.05) is 23.7 Å². The van der Waals surface area contributed by atoms with Crippen molar-refractivity contribution in [2.24, 2.45) is 0 Å². The highest BCUT2D eigenvalue weighted by molar-refractivity contribution is 6.32. The van der Waals surface area contributed by atoms with Crippen molar-refractivity contribution in [1.29, 1.82) is 0 Å².